The summed E-state index contributed by atoms with van der Waals surface area (Å²) in [5.74, 6) is -1.22. The van der Waals surface area contributed by atoms with Crippen molar-refractivity contribution >= 4 is 29.7 Å². The van der Waals surface area contributed by atoms with Crippen molar-refractivity contribution in [1.29, 1.82) is 0 Å². The average molecular weight is 439 g/mol. The highest BCUT2D eigenvalue weighted by atomic mass is 19.4. The Bertz CT molecular complexity index is 1050. The number of alkyl halides is 3. The van der Waals surface area contributed by atoms with Crippen LogP contribution in [0.15, 0.2) is 30.3 Å². The number of halogens is 3. The molecule has 0 saturated carbocycles. The number of nitrogens with zero attached hydrogens (tertiary/aromatic N) is 4. The van der Waals surface area contributed by atoms with Crippen LogP contribution in [0.1, 0.15) is 11.3 Å². The molecule has 2 aromatic rings. The standard InChI is InChI=1S/C18H16F3N5O5/c1-9-6-10(18(19,20)21)7-13(23-9)26-11(8-30-17(26)29)15(27)25(2)12-4-3-5-14(24-12)31-16(22)28/h3-7,11H,8H2,1-2H3,(H2,22,28)/t11-/m0/s1. The van der Waals surface area contributed by atoms with Gasteiger partial charge in [0.2, 0.25) is 5.88 Å². The average Bonchev–Trinajstić information content (AvgIpc) is 3.06. The quantitative estimate of drug-likeness (QED) is 0.774. The number of nitrogens with two attached hydrogens (primary N) is 1. The van der Waals surface area contributed by atoms with Crippen LogP contribution in [0.5, 0.6) is 5.88 Å². The van der Waals surface area contributed by atoms with E-state index in [1.807, 2.05) is 0 Å². The smallest absolute Gasteiger partial charge is 0.416 e. The zero-order chi connectivity index (χ0) is 22.9. The molecular weight excluding hydrogens is 423 g/mol. The van der Waals surface area contributed by atoms with Crippen LogP contribution in [0.4, 0.5) is 34.4 Å². The topological polar surface area (TPSA) is 128 Å². The van der Waals surface area contributed by atoms with Crippen LogP contribution in [0.2, 0.25) is 0 Å². The summed E-state index contributed by atoms with van der Waals surface area (Å²) in [7, 11) is 1.32. The van der Waals surface area contributed by atoms with Crippen LogP contribution in [-0.4, -0.2) is 47.8 Å². The summed E-state index contributed by atoms with van der Waals surface area (Å²) < 4.78 is 49.1. The largest absolute Gasteiger partial charge is 0.446 e. The first-order valence-corrected chi connectivity index (χ1v) is 8.71. The molecule has 31 heavy (non-hydrogen) atoms. The Labute approximate surface area is 173 Å². The number of aryl methyl sites for hydroxylation is 1. The second kappa shape index (κ2) is 8.08. The number of rotatable bonds is 4. The molecule has 3 heterocycles. The fraction of sp³-hybridized carbons (Fsp3) is 0.278. The number of pyridine rings is 2. The molecule has 2 aromatic heterocycles. The molecule has 0 aromatic carbocycles. The first-order chi connectivity index (χ1) is 14.5. The SMILES string of the molecule is Cc1cc(C(F)(F)F)cc(N2C(=O)OC[C@H]2C(=O)N(C)c2cccc(OC(N)=O)n2)n1. The van der Waals surface area contributed by atoms with Crippen molar-refractivity contribution in [2.75, 3.05) is 23.5 Å². The second-order valence-corrected chi connectivity index (χ2v) is 6.47. The van der Waals surface area contributed by atoms with E-state index >= 15 is 0 Å². The Hall–Kier alpha value is -3.90. The maximum absolute atomic E-state index is 13.2. The van der Waals surface area contributed by atoms with Gasteiger partial charge < -0.3 is 15.2 Å². The Morgan fingerprint density at radius 1 is 1.29 bits per heavy atom. The molecule has 0 bridgehead atoms. The van der Waals surface area contributed by atoms with Crippen molar-refractivity contribution < 1.29 is 37.0 Å². The summed E-state index contributed by atoms with van der Waals surface area (Å²) in [6, 6.07) is 4.38. The second-order valence-electron chi connectivity index (χ2n) is 6.47. The van der Waals surface area contributed by atoms with Crippen LogP contribution >= 0.6 is 0 Å². The molecule has 1 aliphatic heterocycles. The Balaban J connectivity index is 1.92. The number of aromatic nitrogens is 2. The highest BCUT2D eigenvalue weighted by Crippen LogP contribution is 2.33. The lowest BCUT2D eigenvalue weighted by Gasteiger charge is -2.25. The van der Waals surface area contributed by atoms with Gasteiger partial charge in [-0.1, -0.05) is 6.07 Å². The molecule has 0 aliphatic carbocycles. The third-order valence-corrected chi connectivity index (χ3v) is 4.26. The molecule has 164 valence electrons. The van der Waals surface area contributed by atoms with E-state index in [1.165, 1.54) is 32.2 Å². The summed E-state index contributed by atoms with van der Waals surface area (Å²) in [4.78, 5) is 45.8. The number of primary amides is 1. The molecule has 1 atom stereocenters. The van der Waals surface area contributed by atoms with Crippen molar-refractivity contribution in [2.45, 2.75) is 19.1 Å². The zero-order valence-electron chi connectivity index (χ0n) is 16.2. The molecule has 0 spiro atoms. The van der Waals surface area contributed by atoms with Crippen LogP contribution in [0.25, 0.3) is 0 Å². The van der Waals surface area contributed by atoms with E-state index in [2.05, 4.69) is 14.7 Å². The summed E-state index contributed by atoms with van der Waals surface area (Å²) in [6.07, 6.45) is -6.80. The maximum Gasteiger partial charge on any atom is 0.416 e. The maximum atomic E-state index is 13.2. The van der Waals surface area contributed by atoms with E-state index in [0.29, 0.717) is 6.07 Å². The normalized spacial score (nSPS) is 16.1. The van der Waals surface area contributed by atoms with Gasteiger partial charge in [0.25, 0.3) is 5.91 Å². The zero-order valence-corrected chi connectivity index (χ0v) is 16.2. The van der Waals surface area contributed by atoms with E-state index in [4.69, 9.17) is 10.5 Å². The predicted octanol–water partition coefficient (Wildman–Crippen LogP) is 2.25. The Kier molecular flexibility index (Phi) is 5.69. The van der Waals surface area contributed by atoms with Crippen molar-refractivity contribution in [1.82, 2.24) is 9.97 Å². The molecule has 3 rings (SSSR count). The van der Waals surface area contributed by atoms with Crippen molar-refractivity contribution in [3.8, 4) is 5.88 Å². The van der Waals surface area contributed by atoms with Gasteiger partial charge in [0, 0.05) is 18.8 Å². The number of carbonyl (C=O) groups excluding carboxylic acids is 3. The minimum Gasteiger partial charge on any atom is -0.446 e. The lowest BCUT2D eigenvalue weighted by Crippen LogP contribution is -2.47. The number of amides is 3. The fourth-order valence-corrected chi connectivity index (χ4v) is 2.88. The van der Waals surface area contributed by atoms with Crippen molar-refractivity contribution in [2.24, 2.45) is 5.73 Å². The Morgan fingerprint density at radius 2 is 2.00 bits per heavy atom. The van der Waals surface area contributed by atoms with E-state index in [1.54, 1.807) is 0 Å². The Morgan fingerprint density at radius 3 is 2.65 bits per heavy atom. The molecule has 3 amide bonds. The molecule has 10 nitrogen and oxygen atoms in total. The fourth-order valence-electron chi connectivity index (χ4n) is 2.88. The van der Waals surface area contributed by atoms with Gasteiger partial charge in [-0.15, -0.1) is 0 Å². The number of hydrogen-bond donors (Lipinski definition) is 1. The lowest BCUT2D eigenvalue weighted by molar-refractivity contribution is -0.137. The first-order valence-electron chi connectivity index (χ1n) is 8.71. The van der Waals surface area contributed by atoms with Crippen molar-refractivity contribution in [3.05, 3.63) is 41.6 Å². The van der Waals surface area contributed by atoms with Gasteiger partial charge in [0.1, 0.15) is 18.2 Å². The molecule has 1 fully saturated rings. The summed E-state index contributed by atoms with van der Waals surface area (Å²) >= 11 is 0. The molecule has 1 aliphatic rings. The van der Waals surface area contributed by atoms with Crippen LogP contribution in [0.3, 0.4) is 0 Å². The van der Waals surface area contributed by atoms with E-state index in [0.717, 1.165) is 15.9 Å². The molecular formula is C18H16F3N5O5. The van der Waals surface area contributed by atoms with E-state index in [9.17, 15) is 27.6 Å². The monoisotopic (exact) mass is 439 g/mol. The number of hydrogen-bond acceptors (Lipinski definition) is 7. The number of cyclic esters (lactones) is 1. The molecule has 2 N–H and O–H groups in total. The lowest BCUT2D eigenvalue weighted by atomic mass is 10.2. The van der Waals surface area contributed by atoms with E-state index < -0.39 is 42.5 Å². The first kappa shape index (κ1) is 21.8. The molecule has 0 radical (unpaired) electrons. The van der Waals surface area contributed by atoms with Gasteiger partial charge in [0.05, 0.1) is 5.56 Å². The predicted molar refractivity (Wildman–Crippen MR) is 99.4 cm³/mol. The molecule has 0 unspecified atom stereocenters. The van der Waals surface area contributed by atoms with Gasteiger partial charge >= 0.3 is 18.4 Å². The summed E-state index contributed by atoms with van der Waals surface area (Å²) in [5, 5.41) is 0. The highest BCUT2D eigenvalue weighted by Gasteiger charge is 2.43. The third kappa shape index (κ3) is 4.65. The third-order valence-electron chi connectivity index (χ3n) is 4.26. The highest BCUT2D eigenvalue weighted by molar-refractivity contribution is 6.05. The van der Waals surface area contributed by atoms with Gasteiger partial charge in [-0.25, -0.2) is 19.5 Å². The van der Waals surface area contributed by atoms with Gasteiger partial charge in [0.15, 0.2) is 6.04 Å². The summed E-state index contributed by atoms with van der Waals surface area (Å²) in [6.45, 7) is 0.924. The minimum atomic E-state index is -4.67. The minimum absolute atomic E-state index is 0.00190. The number of likely N-dealkylation sites (N-methyl/N-ethyl adjacent to an activating group) is 1. The number of carbonyl (C=O) groups is 3. The van der Waals surface area contributed by atoms with Gasteiger partial charge in [-0.05, 0) is 25.1 Å². The van der Waals surface area contributed by atoms with Crippen molar-refractivity contribution in [3.63, 3.8) is 0 Å². The molecule has 1 saturated heterocycles. The van der Waals surface area contributed by atoms with Crippen LogP contribution in [-0.2, 0) is 15.7 Å². The van der Waals surface area contributed by atoms with Gasteiger partial charge in [-0.2, -0.15) is 18.2 Å². The van der Waals surface area contributed by atoms with Gasteiger partial charge in [-0.3, -0.25) is 9.69 Å². The number of ether oxygens (including phenoxy) is 2. The van der Waals surface area contributed by atoms with Crippen LogP contribution in [0, 0.1) is 6.92 Å². The summed E-state index contributed by atoms with van der Waals surface area (Å²) in [5.41, 5.74) is 3.91. The number of anilines is 2. The van der Waals surface area contributed by atoms with Crippen LogP contribution < -0.4 is 20.3 Å². The van der Waals surface area contributed by atoms with E-state index in [-0.39, 0.29) is 23.2 Å². The molecule has 13 heteroatoms.